The zero-order chi connectivity index (χ0) is 14.7. The molecule has 0 heterocycles. The number of aliphatic carboxylic acids is 1. The predicted molar refractivity (Wildman–Crippen MR) is 63.3 cm³/mol. The highest BCUT2D eigenvalue weighted by Crippen LogP contribution is 2.32. The first-order valence-electron chi connectivity index (χ1n) is 5.23. The van der Waals surface area contributed by atoms with Crippen LogP contribution in [0.4, 0.5) is 8.78 Å². The van der Waals surface area contributed by atoms with Crippen LogP contribution in [-0.2, 0) is 9.59 Å². The Morgan fingerprint density at radius 2 is 1.84 bits per heavy atom. The number of aliphatic hydroxyl groups excluding tert-OH is 1. The van der Waals surface area contributed by atoms with Gasteiger partial charge in [0.25, 0.3) is 6.43 Å². The van der Waals surface area contributed by atoms with E-state index in [9.17, 15) is 23.5 Å². The van der Waals surface area contributed by atoms with E-state index < -0.39 is 35.2 Å². The van der Waals surface area contributed by atoms with Crippen molar-refractivity contribution in [3.8, 4) is 0 Å². The van der Waals surface area contributed by atoms with Crippen LogP contribution in [0.1, 0.15) is 41.5 Å². The Morgan fingerprint density at radius 3 is 2.26 bits per heavy atom. The third kappa shape index (κ3) is 3.48. The molecule has 1 aromatic carbocycles. The number of carbonyl (C=O) groups excluding carboxylic acids is 1. The second-order valence-corrected chi connectivity index (χ2v) is 4.34. The van der Waals surface area contributed by atoms with Crippen molar-refractivity contribution >= 4 is 23.4 Å². The van der Waals surface area contributed by atoms with Crippen LogP contribution in [0.3, 0.4) is 0 Å². The van der Waals surface area contributed by atoms with Crippen LogP contribution in [0.5, 0.6) is 0 Å². The van der Waals surface area contributed by atoms with Crippen molar-refractivity contribution in [3.63, 3.8) is 0 Å². The van der Waals surface area contributed by atoms with Crippen molar-refractivity contribution < 1.29 is 28.6 Å². The summed E-state index contributed by atoms with van der Waals surface area (Å²) in [5.41, 5.74) is -0.750. The van der Waals surface area contributed by atoms with Crippen molar-refractivity contribution in [2.45, 2.75) is 24.8 Å². The van der Waals surface area contributed by atoms with Crippen LogP contribution in [-0.4, -0.2) is 22.0 Å². The summed E-state index contributed by atoms with van der Waals surface area (Å²) in [7, 11) is 0. The van der Waals surface area contributed by atoms with Gasteiger partial charge in [0.05, 0.1) is 0 Å². The van der Waals surface area contributed by atoms with Crippen molar-refractivity contribution in [1.82, 2.24) is 0 Å². The Kier molecular flexibility index (Phi) is 4.97. The minimum Gasteiger partial charge on any atom is -0.479 e. The number of rotatable bonds is 5. The Hall–Kier alpha value is -1.53. The lowest BCUT2D eigenvalue weighted by Gasteiger charge is -2.16. The summed E-state index contributed by atoms with van der Waals surface area (Å²) in [4.78, 5) is 22.0. The minimum atomic E-state index is -2.82. The maximum atomic E-state index is 12.6. The van der Waals surface area contributed by atoms with Gasteiger partial charge >= 0.3 is 5.97 Å². The Balaban J connectivity index is 3.38. The van der Waals surface area contributed by atoms with Crippen LogP contribution in [0.2, 0.25) is 0 Å². The second-order valence-electron chi connectivity index (χ2n) is 3.90. The molecule has 7 heteroatoms. The molecular formula is C12H11ClF2O4. The molecule has 104 valence electrons. The normalized spacial score (nSPS) is 14.2. The van der Waals surface area contributed by atoms with Crippen molar-refractivity contribution in [1.29, 1.82) is 0 Å². The summed E-state index contributed by atoms with van der Waals surface area (Å²) >= 11 is 5.79. The average Bonchev–Trinajstić information content (AvgIpc) is 2.35. The lowest BCUT2D eigenvalue weighted by atomic mass is 9.96. The lowest BCUT2D eigenvalue weighted by Crippen LogP contribution is -2.15. The van der Waals surface area contributed by atoms with Crippen LogP contribution in [0.15, 0.2) is 18.2 Å². The van der Waals surface area contributed by atoms with Gasteiger partial charge < -0.3 is 10.2 Å². The van der Waals surface area contributed by atoms with Gasteiger partial charge in [0, 0.05) is 5.56 Å². The van der Waals surface area contributed by atoms with E-state index in [-0.39, 0.29) is 11.1 Å². The smallest absolute Gasteiger partial charge is 0.337 e. The number of benzene rings is 1. The number of carbonyl (C=O) groups is 2. The highest BCUT2D eigenvalue weighted by Gasteiger charge is 2.26. The average molecular weight is 293 g/mol. The molecule has 0 bridgehead atoms. The molecule has 0 radical (unpaired) electrons. The SMILES string of the molecule is CC(=O)C(Cl)c1ccc(C(F)F)cc1C(O)C(=O)O. The number of hydrogen-bond donors (Lipinski definition) is 2. The first-order chi connectivity index (χ1) is 8.75. The van der Waals surface area contributed by atoms with E-state index in [1.54, 1.807) is 0 Å². The third-order valence-corrected chi connectivity index (χ3v) is 3.06. The maximum absolute atomic E-state index is 12.6. The van der Waals surface area contributed by atoms with E-state index in [2.05, 4.69) is 0 Å². The van der Waals surface area contributed by atoms with Crippen molar-refractivity contribution in [2.75, 3.05) is 0 Å². The lowest BCUT2D eigenvalue weighted by molar-refractivity contribution is -0.147. The standard InChI is InChI=1S/C12H11ClF2O4/c1-5(16)9(13)7-3-2-6(11(14)15)4-8(7)10(17)12(18)19/h2-4,9-11,17H,1H3,(H,18,19). The number of carboxylic acids is 1. The molecule has 0 fully saturated rings. The minimum absolute atomic E-state index is 0.00784. The van der Waals surface area contributed by atoms with Gasteiger partial charge in [-0.25, -0.2) is 13.6 Å². The van der Waals surface area contributed by atoms with Crippen LogP contribution < -0.4 is 0 Å². The van der Waals surface area contributed by atoms with Crippen LogP contribution in [0.25, 0.3) is 0 Å². The third-order valence-electron chi connectivity index (χ3n) is 2.52. The Labute approximate surface area is 112 Å². The molecule has 4 nitrogen and oxygen atoms in total. The fourth-order valence-corrected chi connectivity index (χ4v) is 1.75. The zero-order valence-electron chi connectivity index (χ0n) is 9.81. The molecule has 0 saturated carbocycles. The second kappa shape index (κ2) is 6.08. The first kappa shape index (κ1) is 15.5. The summed E-state index contributed by atoms with van der Waals surface area (Å²) in [6.45, 7) is 1.18. The fourth-order valence-electron chi connectivity index (χ4n) is 1.55. The molecule has 1 rings (SSSR count). The highest BCUT2D eigenvalue weighted by atomic mass is 35.5. The van der Waals surface area contributed by atoms with Gasteiger partial charge in [-0.2, -0.15) is 0 Å². The van der Waals surface area contributed by atoms with Crippen molar-refractivity contribution in [3.05, 3.63) is 34.9 Å². The molecule has 0 saturated heterocycles. The molecule has 0 aliphatic rings. The van der Waals surface area contributed by atoms with E-state index >= 15 is 0 Å². The first-order valence-corrected chi connectivity index (χ1v) is 5.66. The van der Waals surface area contributed by atoms with Crippen LogP contribution in [0, 0.1) is 0 Å². The number of aliphatic hydroxyl groups is 1. The number of carboxylic acid groups (broad SMARTS) is 1. The predicted octanol–water partition coefficient (Wildman–Crippen LogP) is 2.61. The molecule has 1 aromatic rings. The molecule has 2 N–H and O–H groups in total. The molecule has 19 heavy (non-hydrogen) atoms. The summed E-state index contributed by atoms with van der Waals surface area (Å²) in [5, 5.41) is 17.0. The number of alkyl halides is 3. The number of Topliss-reactive ketones (excluding diaryl/α,β-unsaturated/α-hetero) is 1. The molecule has 0 aromatic heterocycles. The van der Waals surface area contributed by atoms with Gasteiger partial charge in [0.15, 0.2) is 11.9 Å². The monoisotopic (exact) mass is 292 g/mol. The van der Waals surface area contributed by atoms with Crippen LogP contribution >= 0.6 is 11.6 Å². The van der Waals surface area contributed by atoms with Gasteiger partial charge in [-0.1, -0.05) is 12.1 Å². The highest BCUT2D eigenvalue weighted by molar-refractivity contribution is 6.31. The van der Waals surface area contributed by atoms with E-state index in [0.29, 0.717) is 0 Å². The van der Waals surface area contributed by atoms with E-state index in [1.165, 1.54) is 6.92 Å². The summed E-state index contributed by atoms with van der Waals surface area (Å²) in [6, 6.07) is 3.01. The molecule has 2 unspecified atom stereocenters. The number of hydrogen-bond acceptors (Lipinski definition) is 3. The Bertz CT molecular complexity index is 505. The van der Waals surface area contributed by atoms with E-state index in [4.69, 9.17) is 16.7 Å². The molecular weight excluding hydrogens is 282 g/mol. The molecule has 0 spiro atoms. The Morgan fingerprint density at radius 1 is 1.26 bits per heavy atom. The van der Waals surface area contributed by atoms with Gasteiger partial charge in [0.2, 0.25) is 0 Å². The van der Waals surface area contributed by atoms with Crippen molar-refractivity contribution in [2.24, 2.45) is 0 Å². The number of ketones is 1. The fraction of sp³-hybridized carbons (Fsp3) is 0.333. The van der Waals surface area contributed by atoms with Gasteiger partial charge in [0.1, 0.15) is 5.38 Å². The topological polar surface area (TPSA) is 74.6 Å². The molecule has 0 aliphatic heterocycles. The molecule has 0 aliphatic carbocycles. The van der Waals surface area contributed by atoms with Gasteiger partial charge in [-0.15, -0.1) is 11.6 Å². The van der Waals surface area contributed by atoms with Gasteiger partial charge in [-0.05, 0) is 24.1 Å². The summed E-state index contributed by atoms with van der Waals surface area (Å²) in [6.07, 6.45) is -4.84. The quantitative estimate of drug-likeness (QED) is 0.818. The van der Waals surface area contributed by atoms with Gasteiger partial charge in [-0.3, -0.25) is 4.79 Å². The summed E-state index contributed by atoms with van der Waals surface area (Å²) < 4.78 is 25.1. The summed E-state index contributed by atoms with van der Waals surface area (Å²) in [5.74, 6) is -2.09. The van der Waals surface area contributed by atoms with E-state index in [0.717, 1.165) is 18.2 Å². The molecule has 0 amide bonds. The number of halogens is 3. The molecule has 2 atom stereocenters. The zero-order valence-corrected chi connectivity index (χ0v) is 10.6. The van der Waals surface area contributed by atoms with E-state index in [1.807, 2.05) is 0 Å². The maximum Gasteiger partial charge on any atom is 0.337 e. The largest absolute Gasteiger partial charge is 0.479 e.